The lowest BCUT2D eigenvalue weighted by molar-refractivity contribution is -0.153. The Hall–Kier alpha value is -1.60. The number of para-hydroxylation sites is 1. The van der Waals surface area contributed by atoms with E-state index in [0.29, 0.717) is 17.2 Å². The van der Waals surface area contributed by atoms with Crippen LogP contribution < -0.4 is 0 Å². The predicted octanol–water partition coefficient (Wildman–Crippen LogP) is 4.13. The summed E-state index contributed by atoms with van der Waals surface area (Å²) in [7, 11) is 0. The van der Waals surface area contributed by atoms with Gasteiger partial charge in [0.1, 0.15) is 12.0 Å². The van der Waals surface area contributed by atoms with Gasteiger partial charge in [0.15, 0.2) is 4.34 Å². The van der Waals surface area contributed by atoms with Gasteiger partial charge in [0, 0.05) is 0 Å². The molecule has 0 fully saturated rings. The number of nitrogens with zero attached hydrogens (tertiary/aromatic N) is 1. The first-order chi connectivity index (χ1) is 10.5. The van der Waals surface area contributed by atoms with Crippen LogP contribution in [0.1, 0.15) is 33.1 Å². The molecule has 0 saturated heterocycles. The fourth-order valence-corrected chi connectivity index (χ4v) is 3.86. The van der Waals surface area contributed by atoms with Gasteiger partial charge in [-0.1, -0.05) is 26.0 Å². The van der Waals surface area contributed by atoms with Crippen molar-refractivity contribution in [1.82, 2.24) is 4.98 Å². The molecule has 0 aliphatic rings. The minimum Gasteiger partial charge on any atom is -0.481 e. The maximum atomic E-state index is 12.3. The van der Waals surface area contributed by atoms with Crippen LogP contribution in [0.15, 0.2) is 28.6 Å². The Morgan fingerprint density at radius 2 is 2.00 bits per heavy atom. The SMILES string of the molecule is CCC(CC)(CC(=O)O)C(=O)OSc1nc2ccccc2s1. The number of rotatable bonds is 7. The number of carbonyl (C=O) groups is 2. The van der Waals surface area contributed by atoms with Crippen molar-refractivity contribution in [3.63, 3.8) is 0 Å². The molecule has 0 saturated carbocycles. The molecule has 1 heterocycles. The van der Waals surface area contributed by atoms with E-state index in [9.17, 15) is 9.59 Å². The minimum atomic E-state index is -0.995. The van der Waals surface area contributed by atoms with E-state index < -0.39 is 17.4 Å². The van der Waals surface area contributed by atoms with Crippen molar-refractivity contribution in [1.29, 1.82) is 0 Å². The van der Waals surface area contributed by atoms with E-state index in [1.807, 2.05) is 24.3 Å². The minimum absolute atomic E-state index is 0.223. The van der Waals surface area contributed by atoms with E-state index in [0.717, 1.165) is 22.3 Å². The van der Waals surface area contributed by atoms with Crippen LogP contribution in [0.4, 0.5) is 0 Å². The highest BCUT2D eigenvalue weighted by Gasteiger charge is 2.39. The molecule has 2 rings (SSSR count). The number of benzene rings is 1. The Labute approximate surface area is 136 Å². The molecule has 0 aliphatic heterocycles. The topological polar surface area (TPSA) is 76.5 Å². The van der Waals surface area contributed by atoms with Gasteiger partial charge in [0.25, 0.3) is 0 Å². The smallest absolute Gasteiger partial charge is 0.325 e. The quantitative estimate of drug-likeness (QED) is 0.764. The van der Waals surface area contributed by atoms with Gasteiger partial charge in [0.05, 0.1) is 22.1 Å². The molecule has 5 nitrogen and oxygen atoms in total. The van der Waals surface area contributed by atoms with Crippen molar-refractivity contribution < 1.29 is 18.9 Å². The number of fused-ring (bicyclic) bond motifs is 1. The number of aliphatic carboxylic acids is 1. The summed E-state index contributed by atoms with van der Waals surface area (Å²) in [6.45, 7) is 3.60. The van der Waals surface area contributed by atoms with Crippen molar-refractivity contribution >= 4 is 45.5 Å². The van der Waals surface area contributed by atoms with E-state index in [1.165, 1.54) is 11.3 Å². The van der Waals surface area contributed by atoms with Gasteiger partial charge in [-0.15, -0.1) is 11.3 Å². The van der Waals surface area contributed by atoms with Crippen LogP contribution in [0.5, 0.6) is 0 Å². The molecule has 22 heavy (non-hydrogen) atoms. The highest BCUT2D eigenvalue weighted by atomic mass is 32.2. The number of hydrogen-bond acceptors (Lipinski definition) is 6. The standard InChI is InChI=1S/C15H17NO4S2/c1-3-15(4-2,9-12(17)18)13(19)20-22-14-16-10-7-5-6-8-11(10)21-14/h5-8H,3-4,9H2,1-2H3,(H,17,18). The molecule has 2 aromatic rings. The third kappa shape index (κ3) is 3.59. The van der Waals surface area contributed by atoms with Crippen LogP contribution in [-0.2, 0) is 13.8 Å². The predicted molar refractivity (Wildman–Crippen MR) is 86.8 cm³/mol. The van der Waals surface area contributed by atoms with Crippen LogP contribution in [0.2, 0.25) is 0 Å². The molecule has 118 valence electrons. The number of carboxylic acid groups (broad SMARTS) is 1. The average molecular weight is 339 g/mol. The van der Waals surface area contributed by atoms with Crippen LogP contribution in [0.25, 0.3) is 10.2 Å². The van der Waals surface area contributed by atoms with Gasteiger partial charge in [-0.2, -0.15) is 0 Å². The monoisotopic (exact) mass is 339 g/mol. The van der Waals surface area contributed by atoms with Crippen molar-refractivity contribution in [2.24, 2.45) is 5.41 Å². The third-order valence-electron chi connectivity index (χ3n) is 3.74. The fraction of sp³-hybridized carbons (Fsp3) is 0.400. The average Bonchev–Trinajstić information content (AvgIpc) is 2.93. The Kier molecular flexibility index (Phi) is 5.42. The zero-order chi connectivity index (χ0) is 16.2. The Bertz CT molecular complexity index is 646. The second kappa shape index (κ2) is 7.11. The lowest BCUT2D eigenvalue weighted by Gasteiger charge is -2.26. The number of carbonyl (C=O) groups excluding carboxylic acids is 1. The maximum Gasteiger partial charge on any atom is 0.325 e. The molecule has 0 unspecified atom stereocenters. The fourth-order valence-electron chi connectivity index (χ4n) is 2.20. The van der Waals surface area contributed by atoms with Gasteiger partial charge in [-0.25, -0.2) is 4.98 Å². The van der Waals surface area contributed by atoms with E-state index in [1.54, 1.807) is 13.8 Å². The first-order valence-corrected chi connectivity index (χ1v) is 8.53. The molecule has 0 spiro atoms. The first kappa shape index (κ1) is 16.8. The molecule has 0 amide bonds. The Morgan fingerprint density at radius 1 is 1.32 bits per heavy atom. The van der Waals surface area contributed by atoms with Crippen molar-refractivity contribution in [3.05, 3.63) is 24.3 Å². The van der Waals surface area contributed by atoms with E-state index in [2.05, 4.69) is 4.98 Å². The molecular weight excluding hydrogens is 322 g/mol. The number of aromatic nitrogens is 1. The zero-order valence-corrected chi connectivity index (χ0v) is 14.0. The number of thiazole rings is 1. The van der Waals surface area contributed by atoms with Crippen molar-refractivity contribution in [2.75, 3.05) is 0 Å². The summed E-state index contributed by atoms with van der Waals surface area (Å²) in [5, 5.41) is 9.02. The summed E-state index contributed by atoms with van der Waals surface area (Å²) in [6, 6.07) is 7.66. The van der Waals surface area contributed by atoms with Crippen LogP contribution in [0, 0.1) is 5.41 Å². The molecule has 0 radical (unpaired) electrons. The highest BCUT2D eigenvalue weighted by Crippen LogP contribution is 2.36. The molecule has 0 bridgehead atoms. The molecule has 0 aliphatic carbocycles. The number of carboxylic acids is 1. The van der Waals surface area contributed by atoms with Crippen LogP contribution in [0.3, 0.4) is 0 Å². The van der Waals surface area contributed by atoms with Gasteiger partial charge < -0.3 is 9.29 Å². The summed E-state index contributed by atoms with van der Waals surface area (Å²) in [5.74, 6) is -1.49. The Morgan fingerprint density at radius 3 is 2.59 bits per heavy atom. The largest absolute Gasteiger partial charge is 0.481 e. The second-order valence-electron chi connectivity index (χ2n) is 4.96. The van der Waals surface area contributed by atoms with Crippen LogP contribution >= 0.6 is 23.4 Å². The van der Waals surface area contributed by atoms with Crippen molar-refractivity contribution in [2.45, 2.75) is 37.4 Å². The van der Waals surface area contributed by atoms with E-state index in [4.69, 9.17) is 9.29 Å². The normalized spacial score (nSPS) is 11.5. The third-order valence-corrected chi connectivity index (χ3v) is 5.49. The summed E-state index contributed by atoms with van der Waals surface area (Å²) in [5.41, 5.74) is -0.121. The molecule has 1 N–H and O–H groups in total. The zero-order valence-electron chi connectivity index (χ0n) is 12.4. The summed E-state index contributed by atoms with van der Waals surface area (Å²) < 4.78 is 6.92. The van der Waals surface area contributed by atoms with Gasteiger partial charge in [-0.05, 0) is 25.0 Å². The second-order valence-corrected chi connectivity index (χ2v) is 6.97. The molecule has 7 heteroatoms. The summed E-state index contributed by atoms with van der Waals surface area (Å²) in [6.07, 6.45) is 0.628. The van der Waals surface area contributed by atoms with Crippen molar-refractivity contribution in [3.8, 4) is 0 Å². The van der Waals surface area contributed by atoms with E-state index in [-0.39, 0.29) is 6.42 Å². The number of hydrogen-bond donors (Lipinski definition) is 1. The molecule has 1 aromatic heterocycles. The lowest BCUT2D eigenvalue weighted by Crippen LogP contribution is -2.33. The van der Waals surface area contributed by atoms with Crippen LogP contribution in [-0.4, -0.2) is 22.0 Å². The van der Waals surface area contributed by atoms with Gasteiger partial charge in [-0.3, -0.25) is 9.59 Å². The summed E-state index contributed by atoms with van der Waals surface area (Å²) in [4.78, 5) is 27.7. The Balaban J connectivity index is 2.08. The first-order valence-electron chi connectivity index (χ1n) is 6.97. The van der Waals surface area contributed by atoms with Gasteiger partial charge in [0.2, 0.25) is 0 Å². The summed E-state index contributed by atoms with van der Waals surface area (Å²) >= 11 is 2.34. The van der Waals surface area contributed by atoms with E-state index >= 15 is 0 Å². The molecule has 1 aromatic carbocycles. The van der Waals surface area contributed by atoms with Gasteiger partial charge >= 0.3 is 11.9 Å². The lowest BCUT2D eigenvalue weighted by atomic mass is 9.79. The molecular formula is C15H17NO4S2. The molecule has 0 atom stereocenters. The highest BCUT2D eigenvalue weighted by molar-refractivity contribution is 7.97. The maximum absolute atomic E-state index is 12.3.